The fourth-order valence-corrected chi connectivity index (χ4v) is 3.67. The highest BCUT2D eigenvalue weighted by molar-refractivity contribution is 14.1. The van der Waals surface area contributed by atoms with Gasteiger partial charge in [-0.3, -0.25) is 4.79 Å². The summed E-state index contributed by atoms with van der Waals surface area (Å²) in [6, 6.07) is 7.55. The number of nitrogens with zero attached hydrogens (tertiary/aromatic N) is 1. The topological polar surface area (TPSA) is 41.5 Å². The van der Waals surface area contributed by atoms with E-state index in [-0.39, 0.29) is 11.3 Å². The van der Waals surface area contributed by atoms with Gasteiger partial charge in [-0.15, -0.1) is 0 Å². The number of carbonyl (C=O) groups is 1. The van der Waals surface area contributed by atoms with Gasteiger partial charge in [0.25, 0.3) is 5.91 Å². The first-order valence-corrected chi connectivity index (χ1v) is 8.05. The van der Waals surface area contributed by atoms with Crippen molar-refractivity contribution in [1.29, 1.82) is 0 Å². The van der Waals surface area contributed by atoms with Crippen LogP contribution in [-0.4, -0.2) is 11.6 Å². The van der Waals surface area contributed by atoms with E-state index < -0.39 is 0 Å². The lowest BCUT2D eigenvalue weighted by molar-refractivity contribution is 0.0953. The van der Waals surface area contributed by atoms with Crippen molar-refractivity contribution in [3.63, 3.8) is 0 Å². The first-order chi connectivity index (χ1) is 9.37. The van der Waals surface area contributed by atoms with Gasteiger partial charge >= 0.3 is 0 Å². The van der Waals surface area contributed by atoms with E-state index in [1.165, 1.54) is 6.42 Å². The Morgan fingerprint density at radius 1 is 1.40 bits per heavy atom. The second kappa shape index (κ2) is 6.24. The van der Waals surface area contributed by atoms with Gasteiger partial charge in [0.1, 0.15) is 0 Å². The predicted octanol–water partition coefficient (Wildman–Crippen LogP) is 4.22. The third-order valence-electron chi connectivity index (χ3n) is 3.60. The summed E-state index contributed by atoms with van der Waals surface area (Å²) in [5.41, 5.74) is 4.78. The Labute approximate surface area is 134 Å². The average molecular weight is 384 g/mol. The molecule has 1 aromatic rings. The zero-order valence-electron chi connectivity index (χ0n) is 12.2. The maximum absolute atomic E-state index is 12.1. The second-order valence-corrected chi connectivity index (χ2v) is 7.62. The van der Waals surface area contributed by atoms with Crippen LogP contribution < -0.4 is 5.43 Å². The van der Waals surface area contributed by atoms with Crippen LogP contribution in [0.3, 0.4) is 0 Å². The zero-order valence-corrected chi connectivity index (χ0v) is 14.4. The lowest BCUT2D eigenvalue weighted by atomic mass is 9.72. The van der Waals surface area contributed by atoms with E-state index in [1.54, 1.807) is 0 Å². The molecule has 0 unspecified atom stereocenters. The molecule has 1 fully saturated rings. The molecule has 0 spiro atoms. The molecule has 1 aliphatic rings. The Morgan fingerprint density at radius 2 is 2.10 bits per heavy atom. The summed E-state index contributed by atoms with van der Waals surface area (Å²) in [6.45, 7) is 6.78. The van der Waals surface area contributed by atoms with Gasteiger partial charge in [-0.25, -0.2) is 5.43 Å². The number of carbonyl (C=O) groups excluding carboxylic acids is 1. The highest BCUT2D eigenvalue weighted by Gasteiger charge is 2.29. The molecule has 0 aromatic heterocycles. The van der Waals surface area contributed by atoms with Gasteiger partial charge in [-0.1, -0.05) is 32.9 Å². The van der Waals surface area contributed by atoms with E-state index in [1.807, 2.05) is 24.3 Å². The number of nitrogens with one attached hydrogen (secondary N) is 1. The molecule has 0 heterocycles. The van der Waals surface area contributed by atoms with Gasteiger partial charge < -0.3 is 0 Å². The Bertz CT molecular complexity index is 537. The van der Waals surface area contributed by atoms with Crippen LogP contribution in [0.15, 0.2) is 29.4 Å². The third-order valence-corrected chi connectivity index (χ3v) is 4.54. The number of amides is 1. The molecule has 1 saturated carbocycles. The van der Waals surface area contributed by atoms with Crippen molar-refractivity contribution in [2.24, 2.45) is 16.4 Å². The van der Waals surface area contributed by atoms with Gasteiger partial charge in [0.15, 0.2) is 0 Å². The van der Waals surface area contributed by atoms with Crippen molar-refractivity contribution in [2.45, 2.75) is 40.0 Å². The molecular weight excluding hydrogens is 363 g/mol. The van der Waals surface area contributed by atoms with Crippen molar-refractivity contribution >= 4 is 34.2 Å². The summed E-state index contributed by atoms with van der Waals surface area (Å²) in [7, 11) is 0. The first-order valence-electron chi connectivity index (χ1n) is 6.98. The molecule has 0 aliphatic heterocycles. The van der Waals surface area contributed by atoms with E-state index in [0.29, 0.717) is 11.5 Å². The van der Waals surface area contributed by atoms with Gasteiger partial charge in [0.05, 0.1) is 5.56 Å². The molecule has 4 heteroatoms. The van der Waals surface area contributed by atoms with Crippen LogP contribution in [0.1, 0.15) is 50.4 Å². The second-order valence-electron chi connectivity index (χ2n) is 6.45. The maximum atomic E-state index is 12.1. The van der Waals surface area contributed by atoms with Crippen molar-refractivity contribution < 1.29 is 4.79 Å². The number of halogens is 1. The molecular formula is C16H21IN2O. The first kappa shape index (κ1) is 15.5. The van der Waals surface area contributed by atoms with E-state index >= 15 is 0 Å². The number of rotatable bonds is 2. The standard InChI is InChI=1S/C16H21IN2O/c1-11-8-12(10-16(2,3)9-11)18-19-15(20)13-6-4-5-7-14(13)17/h4-7,11H,8-10H2,1-3H3,(H,19,20)/b18-12-/t11-/m1/s1. The van der Waals surface area contributed by atoms with Gasteiger partial charge in [0, 0.05) is 9.28 Å². The SMILES string of the molecule is C[C@@H]1C/C(=N/NC(=O)c2ccccc2I)CC(C)(C)C1. The van der Waals surface area contributed by atoms with Crippen LogP contribution in [0.2, 0.25) is 0 Å². The molecule has 1 N–H and O–H groups in total. The largest absolute Gasteiger partial charge is 0.272 e. The molecule has 0 saturated heterocycles. The van der Waals surface area contributed by atoms with Crippen LogP contribution in [0.5, 0.6) is 0 Å². The molecule has 1 aliphatic carbocycles. The summed E-state index contributed by atoms with van der Waals surface area (Å²) in [6.07, 6.45) is 3.16. The molecule has 1 aromatic carbocycles. The summed E-state index contributed by atoms with van der Waals surface area (Å²) in [4.78, 5) is 12.1. The summed E-state index contributed by atoms with van der Waals surface area (Å²) in [5.74, 6) is 0.504. The monoisotopic (exact) mass is 384 g/mol. The van der Waals surface area contributed by atoms with E-state index in [4.69, 9.17) is 0 Å². The number of hydrazone groups is 1. The Kier molecular flexibility index (Phi) is 4.83. The number of benzene rings is 1. The minimum absolute atomic E-state index is 0.126. The normalized spacial score (nSPS) is 23.6. The summed E-state index contributed by atoms with van der Waals surface area (Å²) in [5, 5.41) is 4.36. The summed E-state index contributed by atoms with van der Waals surface area (Å²) >= 11 is 2.17. The minimum atomic E-state index is -0.126. The average Bonchev–Trinajstić information content (AvgIpc) is 2.34. The van der Waals surface area contributed by atoms with Gasteiger partial charge in [-0.2, -0.15) is 5.10 Å². The molecule has 1 atom stereocenters. The maximum Gasteiger partial charge on any atom is 0.272 e. The fraction of sp³-hybridized carbons (Fsp3) is 0.500. The van der Waals surface area contributed by atoms with Crippen molar-refractivity contribution in [3.05, 3.63) is 33.4 Å². The predicted molar refractivity (Wildman–Crippen MR) is 90.9 cm³/mol. The van der Waals surface area contributed by atoms with E-state index in [0.717, 1.165) is 22.1 Å². The summed E-state index contributed by atoms with van der Waals surface area (Å²) < 4.78 is 0.945. The van der Waals surface area contributed by atoms with Crippen LogP contribution in [0.25, 0.3) is 0 Å². The Balaban J connectivity index is 2.06. The van der Waals surface area contributed by atoms with Crippen molar-refractivity contribution in [2.75, 3.05) is 0 Å². The fourth-order valence-electron chi connectivity index (χ4n) is 3.04. The molecule has 3 nitrogen and oxygen atoms in total. The lowest BCUT2D eigenvalue weighted by Gasteiger charge is -2.34. The van der Waals surface area contributed by atoms with Crippen molar-refractivity contribution in [1.82, 2.24) is 5.43 Å². The highest BCUT2D eigenvalue weighted by atomic mass is 127. The quantitative estimate of drug-likeness (QED) is 0.602. The van der Waals surface area contributed by atoms with Crippen LogP contribution in [0, 0.1) is 14.9 Å². The molecule has 20 heavy (non-hydrogen) atoms. The Hall–Kier alpha value is -0.910. The van der Waals surface area contributed by atoms with Crippen LogP contribution >= 0.6 is 22.6 Å². The Morgan fingerprint density at radius 3 is 2.75 bits per heavy atom. The van der Waals surface area contributed by atoms with Gasteiger partial charge in [-0.05, 0) is 65.3 Å². The molecule has 0 radical (unpaired) electrons. The van der Waals surface area contributed by atoms with Crippen molar-refractivity contribution in [3.8, 4) is 0 Å². The van der Waals surface area contributed by atoms with Gasteiger partial charge in [0.2, 0.25) is 0 Å². The smallest absolute Gasteiger partial charge is 0.267 e. The zero-order chi connectivity index (χ0) is 14.8. The van der Waals surface area contributed by atoms with E-state index in [9.17, 15) is 4.79 Å². The molecule has 0 bridgehead atoms. The van der Waals surface area contributed by atoms with Crippen LogP contribution in [-0.2, 0) is 0 Å². The highest BCUT2D eigenvalue weighted by Crippen LogP contribution is 2.36. The molecule has 108 valence electrons. The minimum Gasteiger partial charge on any atom is -0.267 e. The van der Waals surface area contributed by atoms with Crippen LogP contribution in [0.4, 0.5) is 0 Å². The molecule has 1 amide bonds. The number of hydrogen-bond acceptors (Lipinski definition) is 2. The molecule has 2 rings (SSSR count). The van der Waals surface area contributed by atoms with E-state index in [2.05, 4.69) is 53.9 Å². The lowest BCUT2D eigenvalue weighted by Crippen LogP contribution is -2.30. The third kappa shape index (κ3) is 4.04. The number of hydrogen-bond donors (Lipinski definition) is 1.